The van der Waals surface area contributed by atoms with Gasteiger partial charge in [-0.1, -0.05) is 17.7 Å². The van der Waals surface area contributed by atoms with Crippen LogP contribution in [0.5, 0.6) is 0 Å². The van der Waals surface area contributed by atoms with E-state index in [2.05, 4.69) is 0 Å². The maximum atomic E-state index is 11.6. The van der Waals surface area contributed by atoms with Crippen molar-refractivity contribution in [2.45, 2.75) is 58.2 Å². The van der Waals surface area contributed by atoms with Crippen molar-refractivity contribution >= 4 is 30.0 Å². The Kier molecular flexibility index (Phi) is 3.47. The number of aryl methyl sites for hydroxylation is 1. The molecule has 5 heteroatoms. The molecule has 112 valence electrons. The molecule has 1 aromatic rings. The first kappa shape index (κ1) is 15.1. The van der Waals surface area contributed by atoms with E-state index in [1.54, 1.807) is 0 Å². The van der Waals surface area contributed by atoms with Crippen molar-refractivity contribution in [3.8, 4) is 0 Å². The van der Waals surface area contributed by atoms with Gasteiger partial charge in [-0.25, -0.2) is 0 Å². The molecule has 1 aliphatic heterocycles. The molecule has 1 fully saturated rings. The summed E-state index contributed by atoms with van der Waals surface area (Å²) in [6, 6.07) is 3.95. The molecule has 0 bridgehead atoms. The minimum atomic E-state index is -0.453. The standard InChI is InChI=1S/C16H20BClO3/c1-15(2)16(3,4)21-17(20-15)13-8-10-5-6-12(19)7-11(10)9-14(13)18/h8-9H,5-7H2,1-4H3. The predicted octanol–water partition coefficient (Wildman–Crippen LogP) is 2.70. The fourth-order valence-electron chi connectivity index (χ4n) is 2.80. The van der Waals surface area contributed by atoms with E-state index >= 15 is 0 Å². The van der Waals surface area contributed by atoms with Crippen molar-refractivity contribution < 1.29 is 14.1 Å². The van der Waals surface area contributed by atoms with E-state index in [0.29, 0.717) is 17.9 Å². The number of halogens is 1. The van der Waals surface area contributed by atoms with E-state index in [0.717, 1.165) is 17.4 Å². The third kappa shape index (κ3) is 2.54. The van der Waals surface area contributed by atoms with Crippen molar-refractivity contribution in [2.24, 2.45) is 0 Å². The third-order valence-electron chi connectivity index (χ3n) is 4.89. The minimum absolute atomic E-state index is 0.280. The number of fused-ring (bicyclic) bond motifs is 1. The molecule has 0 atom stereocenters. The van der Waals surface area contributed by atoms with Crippen molar-refractivity contribution in [2.75, 3.05) is 0 Å². The van der Waals surface area contributed by atoms with E-state index in [1.807, 2.05) is 39.8 Å². The lowest BCUT2D eigenvalue weighted by Crippen LogP contribution is -2.41. The van der Waals surface area contributed by atoms with E-state index in [-0.39, 0.29) is 17.0 Å². The Labute approximate surface area is 131 Å². The van der Waals surface area contributed by atoms with Gasteiger partial charge in [0.15, 0.2) is 0 Å². The molecule has 0 N–H and O–H groups in total. The van der Waals surface area contributed by atoms with Crippen LogP contribution in [0.3, 0.4) is 0 Å². The lowest BCUT2D eigenvalue weighted by Gasteiger charge is -2.32. The van der Waals surface area contributed by atoms with Gasteiger partial charge in [0.1, 0.15) is 5.78 Å². The Morgan fingerprint density at radius 2 is 1.67 bits per heavy atom. The first-order valence-corrected chi connectivity index (χ1v) is 7.76. The average Bonchev–Trinajstić information content (AvgIpc) is 2.57. The highest BCUT2D eigenvalue weighted by Crippen LogP contribution is 2.37. The minimum Gasteiger partial charge on any atom is -0.399 e. The molecule has 3 nitrogen and oxygen atoms in total. The molecule has 3 rings (SSSR count). The monoisotopic (exact) mass is 306 g/mol. The summed E-state index contributed by atoms with van der Waals surface area (Å²) in [6.45, 7) is 8.10. The van der Waals surface area contributed by atoms with Crippen LogP contribution in [0.4, 0.5) is 0 Å². The predicted molar refractivity (Wildman–Crippen MR) is 84.2 cm³/mol. The van der Waals surface area contributed by atoms with E-state index in [9.17, 15) is 4.79 Å². The number of carbonyl (C=O) groups excluding carboxylic acids is 1. The van der Waals surface area contributed by atoms with Gasteiger partial charge in [0.25, 0.3) is 0 Å². The van der Waals surface area contributed by atoms with Crippen LogP contribution in [0.15, 0.2) is 12.1 Å². The van der Waals surface area contributed by atoms with Crippen LogP contribution >= 0.6 is 11.6 Å². The summed E-state index contributed by atoms with van der Waals surface area (Å²) in [5.41, 5.74) is 2.32. The number of ketones is 1. The van der Waals surface area contributed by atoms with Crippen LogP contribution in [0.2, 0.25) is 5.02 Å². The summed E-state index contributed by atoms with van der Waals surface area (Å²) in [6.07, 6.45) is 1.87. The first-order chi connectivity index (χ1) is 9.69. The maximum absolute atomic E-state index is 11.6. The molecule has 0 radical (unpaired) electrons. The lowest BCUT2D eigenvalue weighted by atomic mass is 9.76. The molecule has 2 aliphatic rings. The summed E-state index contributed by atoms with van der Waals surface area (Å²) < 4.78 is 12.1. The van der Waals surface area contributed by atoms with Crippen LogP contribution < -0.4 is 5.46 Å². The summed E-state index contributed by atoms with van der Waals surface area (Å²) in [5.74, 6) is 0.280. The molecule has 0 unspecified atom stereocenters. The second-order valence-corrected chi connectivity index (χ2v) is 7.35. The van der Waals surface area contributed by atoms with Crippen LogP contribution in [-0.4, -0.2) is 24.1 Å². The SMILES string of the molecule is CC1(C)OB(c2cc3c(cc2Cl)CC(=O)CC3)OC1(C)C. The fourth-order valence-corrected chi connectivity index (χ4v) is 3.08. The zero-order chi connectivity index (χ0) is 15.4. The van der Waals surface area contributed by atoms with Crippen molar-refractivity contribution in [1.82, 2.24) is 0 Å². The van der Waals surface area contributed by atoms with Crippen LogP contribution in [0, 0.1) is 0 Å². The van der Waals surface area contributed by atoms with Crippen molar-refractivity contribution in [3.63, 3.8) is 0 Å². The molecule has 1 heterocycles. The number of rotatable bonds is 1. The summed E-state index contributed by atoms with van der Waals surface area (Å²) >= 11 is 6.40. The molecular formula is C16H20BClO3. The summed E-state index contributed by atoms with van der Waals surface area (Å²) in [7, 11) is -0.453. The second kappa shape index (κ2) is 4.84. The maximum Gasteiger partial charge on any atom is 0.496 e. The molecule has 1 saturated heterocycles. The van der Waals surface area contributed by atoms with Crippen molar-refractivity contribution in [1.29, 1.82) is 0 Å². The number of hydrogen-bond donors (Lipinski definition) is 0. The molecule has 0 spiro atoms. The van der Waals surface area contributed by atoms with Gasteiger partial charge in [-0.05, 0) is 51.3 Å². The Hall–Kier alpha value is -0.835. The van der Waals surface area contributed by atoms with Gasteiger partial charge in [-0.15, -0.1) is 0 Å². The van der Waals surface area contributed by atoms with E-state index in [4.69, 9.17) is 20.9 Å². The summed E-state index contributed by atoms with van der Waals surface area (Å²) in [4.78, 5) is 11.6. The highest BCUT2D eigenvalue weighted by Gasteiger charge is 2.52. The van der Waals surface area contributed by atoms with Gasteiger partial charge in [0.05, 0.1) is 11.2 Å². The fraction of sp³-hybridized carbons (Fsp3) is 0.562. The topological polar surface area (TPSA) is 35.5 Å². The highest BCUT2D eigenvalue weighted by molar-refractivity contribution is 6.65. The average molecular weight is 307 g/mol. The second-order valence-electron chi connectivity index (χ2n) is 6.95. The molecule has 0 saturated carbocycles. The van der Waals surface area contributed by atoms with Gasteiger partial charge in [0.2, 0.25) is 0 Å². The third-order valence-corrected chi connectivity index (χ3v) is 5.21. The number of hydrogen-bond acceptors (Lipinski definition) is 3. The van der Waals surface area contributed by atoms with Crippen LogP contribution in [-0.2, 0) is 26.9 Å². The Morgan fingerprint density at radius 1 is 1.05 bits per heavy atom. The zero-order valence-corrected chi connectivity index (χ0v) is 13.7. The van der Waals surface area contributed by atoms with Crippen LogP contribution in [0.1, 0.15) is 45.2 Å². The number of benzene rings is 1. The molecule has 21 heavy (non-hydrogen) atoms. The van der Waals surface area contributed by atoms with Gasteiger partial charge in [0, 0.05) is 23.3 Å². The molecule has 0 amide bonds. The van der Waals surface area contributed by atoms with Gasteiger partial charge < -0.3 is 9.31 Å². The molecule has 1 aromatic carbocycles. The van der Waals surface area contributed by atoms with Crippen LogP contribution in [0.25, 0.3) is 0 Å². The molecule has 0 aromatic heterocycles. The highest BCUT2D eigenvalue weighted by atomic mass is 35.5. The Morgan fingerprint density at radius 3 is 2.29 bits per heavy atom. The smallest absolute Gasteiger partial charge is 0.399 e. The van der Waals surface area contributed by atoms with Gasteiger partial charge in [-0.3, -0.25) is 4.79 Å². The number of carbonyl (C=O) groups is 1. The van der Waals surface area contributed by atoms with E-state index < -0.39 is 7.12 Å². The largest absolute Gasteiger partial charge is 0.496 e. The first-order valence-electron chi connectivity index (χ1n) is 7.38. The summed E-state index contributed by atoms with van der Waals surface area (Å²) in [5, 5.41) is 0.613. The molecule has 1 aliphatic carbocycles. The van der Waals surface area contributed by atoms with Gasteiger partial charge in [-0.2, -0.15) is 0 Å². The lowest BCUT2D eigenvalue weighted by molar-refractivity contribution is -0.118. The number of Topliss-reactive ketones (excluding diaryl/α,β-unsaturated/α-hetero) is 1. The van der Waals surface area contributed by atoms with Crippen molar-refractivity contribution in [3.05, 3.63) is 28.3 Å². The molecular weight excluding hydrogens is 286 g/mol. The van der Waals surface area contributed by atoms with E-state index in [1.165, 1.54) is 5.56 Å². The Bertz CT molecular complexity index is 594. The zero-order valence-electron chi connectivity index (χ0n) is 13.0. The quantitative estimate of drug-likeness (QED) is 0.748. The Balaban J connectivity index is 1.96. The van der Waals surface area contributed by atoms with Gasteiger partial charge >= 0.3 is 7.12 Å². The normalized spacial score (nSPS) is 23.3.